The van der Waals surface area contributed by atoms with Crippen molar-refractivity contribution >= 4 is 34.6 Å². The highest BCUT2D eigenvalue weighted by molar-refractivity contribution is 7.79. The van der Waals surface area contributed by atoms with Crippen molar-refractivity contribution in [2.24, 2.45) is 0 Å². The monoisotopic (exact) mass is 312 g/mol. The van der Waals surface area contributed by atoms with Crippen molar-refractivity contribution in [1.29, 1.82) is 0 Å². The Kier molecular flexibility index (Phi) is 3.71. The fourth-order valence-electron chi connectivity index (χ4n) is 2.70. The third kappa shape index (κ3) is 2.29. The first-order chi connectivity index (χ1) is 10.5. The van der Waals surface area contributed by atoms with Gasteiger partial charge in [0.25, 0.3) is 0 Å². The molecule has 0 amide bonds. The van der Waals surface area contributed by atoms with Gasteiger partial charge >= 0.3 is 0 Å². The van der Waals surface area contributed by atoms with Gasteiger partial charge in [-0.1, -0.05) is 24.8 Å². The van der Waals surface area contributed by atoms with E-state index in [9.17, 15) is 9.90 Å². The standard InChI is InChI=1S/C18H16O3S/c1-10(19)8-12-4-3-5-14-16(20)15-7-6-13(9-22)11(2)17(15)21-18(12)14/h3-7,19,22H,1,8-9H2,2H3. The molecule has 0 fully saturated rings. The Morgan fingerprint density at radius 3 is 2.59 bits per heavy atom. The van der Waals surface area contributed by atoms with Gasteiger partial charge in [0, 0.05) is 17.7 Å². The lowest BCUT2D eigenvalue weighted by atomic mass is 10.0. The van der Waals surface area contributed by atoms with Crippen LogP contribution in [0.5, 0.6) is 0 Å². The van der Waals surface area contributed by atoms with Crippen LogP contribution < -0.4 is 5.43 Å². The Balaban J connectivity index is 2.45. The summed E-state index contributed by atoms with van der Waals surface area (Å²) in [4.78, 5) is 12.7. The number of allylic oxidation sites excluding steroid dienone is 1. The highest BCUT2D eigenvalue weighted by Crippen LogP contribution is 2.27. The van der Waals surface area contributed by atoms with Crippen LogP contribution in [0.3, 0.4) is 0 Å². The topological polar surface area (TPSA) is 50.4 Å². The summed E-state index contributed by atoms with van der Waals surface area (Å²) in [5.74, 6) is 0.620. The van der Waals surface area contributed by atoms with Gasteiger partial charge in [0.05, 0.1) is 16.5 Å². The molecule has 22 heavy (non-hydrogen) atoms. The molecule has 3 aromatic rings. The molecule has 0 saturated heterocycles. The van der Waals surface area contributed by atoms with Gasteiger partial charge in [-0.25, -0.2) is 0 Å². The van der Waals surface area contributed by atoms with Gasteiger partial charge in [0.2, 0.25) is 5.43 Å². The second kappa shape index (κ2) is 5.54. The molecule has 0 radical (unpaired) electrons. The quantitative estimate of drug-likeness (QED) is 0.431. The predicted molar refractivity (Wildman–Crippen MR) is 92.9 cm³/mol. The Morgan fingerprint density at radius 1 is 1.18 bits per heavy atom. The summed E-state index contributed by atoms with van der Waals surface area (Å²) in [5.41, 5.74) is 3.73. The molecule has 0 aliphatic heterocycles. The minimum absolute atomic E-state index is 0.0380. The van der Waals surface area contributed by atoms with Gasteiger partial charge in [0.15, 0.2) is 0 Å². The van der Waals surface area contributed by atoms with E-state index in [1.807, 2.05) is 19.1 Å². The van der Waals surface area contributed by atoms with Crippen molar-refractivity contribution < 1.29 is 9.52 Å². The van der Waals surface area contributed by atoms with Crippen LogP contribution in [0, 0.1) is 6.92 Å². The maximum absolute atomic E-state index is 12.7. The third-order valence-corrected chi connectivity index (χ3v) is 4.21. The predicted octanol–water partition coefficient (Wildman–Crippen LogP) is 4.30. The first-order valence-electron chi connectivity index (χ1n) is 6.97. The van der Waals surface area contributed by atoms with Crippen molar-refractivity contribution in [3.63, 3.8) is 0 Å². The number of benzene rings is 2. The van der Waals surface area contributed by atoms with E-state index in [-0.39, 0.29) is 17.6 Å². The van der Waals surface area contributed by atoms with Crippen LogP contribution >= 0.6 is 12.6 Å². The summed E-state index contributed by atoms with van der Waals surface area (Å²) < 4.78 is 6.05. The lowest BCUT2D eigenvalue weighted by Crippen LogP contribution is -2.05. The molecule has 0 aliphatic rings. The summed E-state index contributed by atoms with van der Waals surface area (Å²) in [6.45, 7) is 5.44. The average Bonchev–Trinajstić information content (AvgIpc) is 2.49. The Hall–Kier alpha value is -2.20. The number of aryl methyl sites for hydroxylation is 1. The molecular weight excluding hydrogens is 296 g/mol. The van der Waals surface area contributed by atoms with Crippen LogP contribution in [0.25, 0.3) is 21.9 Å². The zero-order valence-electron chi connectivity index (χ0n) is 12.2. The summed E-state index contributed by atoms with van der Waals surface area (Å²) in [7, 11) is 0. The van der Waals surface area contributed by atoms with Gasteiger partial charge in [-0.3, -0.25) is 4.79 Å². The first-order valence-corrected chi connectivity index (χ1v) is 7.60. The van der Waals surface area contributed by atoms with Crippen LogP contribution in [-0.4, -0.2) is 5.11 Å². The summed E-state index contributed by atoms with van der Waals surface area (Å²) in [5, 5.41) is 10.5. The second-order valence-electron chi connectivity index (χ2n) is 5.35. The van der Waals surface area contributed by atoms with Gasteiger partial charge in [-0.15, -0.1) is 0 Å². The molecule has 1 aromatic heterocycles. The van der Waals surface area contributed by atoms with E-state index < -0.39 is 0 Å². The highest BCUT2D eigenvalue weighted by atomic mass is 32.1. The van der Waals surface area contributed by atoms with Crippen molar-refractivity contribution in [1.82, 2.24) is 0 Å². The minimum atomic E-state index is -0.0598. The molecule has 0 spiro atoms. The maximum atomic E-state index is 12.7. The Morgan fingerprint density at radius 2 is 1.91 bits per heavy atom. The normalized spacial score (nSPS) is 11.2. The van der Waals surface area contributed by atoms with E-state index in [4.69, 9.17) is 4.42 Å². The Labute approximate surface area is 133 Å². The Bertz CT molecular complexity index is 954. The number of fused-ring (bicyclic) bond motifs is 2. The molecule has 1 N–H and O–H groups in total. The van der Waals surface area contributed by atoms with Crippen LogP contribution in [0.2, 0.25) is 0 Å². The molecule has 1 heterocycles. The second-order valence-corrected chi connectivity index (χ2v) is 5.67. The molecule has 2 aromatic carbocycles. The van der Waals surface area contributed by atoms with E-state index in [1.54, 1.807) is 18.2 Å². The number of rotatable bonds is 3. The van der Waals surface area contributed by atoms with Crippen LogP contribution in [0.15, 0.2) is 51.9 Å². The lowest BCUT2D eigenvalue weighted by molar-refractivity contribution is 0.401. The van der Waals surface area contributed by atoms with E-state index in [0.29, 0.717) is 27.7 Å². The van der Waals surface area contributed by atoms with E-state index in [1.165, 1.54) is 0 Å². The molecule has 3 nitrogen and oxygen atoms in total. The highest BCUT2D eigenvalue weighted by Gasteiger charge is 2.14. The van der Waals surface area contributed by atoms with Crippen molar-refractivity contribution in [3.05, 3.63) is 69.6 Å². The average molecular weight is 312 g/mol. The maximum Gasteiger partial charge on any atom is 0.200 e. The number of aliphatic hydroxyl groups excluding tert-OH is 1. The molecule has 4 heteroatoms. The zero-order valence-corrected chi connectivity index (χ0v) is 13.1. The van der Waals surface area contributed by atoms with E-state index in [2.05, 4.69) is 19.2 Å². The zero-order chi connectivity index (χ0) is 15.9. The summed E-state index contributed by atoms with van der Waals surface area (Å²) in [6, 6.07) is 9.06. The number of thiol groups is 1. The van der Waals surface area contributed by atoms with Crippen molar-refractivity contribution in [3.8, 4) is 0 Å². The van der Waals surface area contributed by atoms with Gasteiger partial charge in [0.1, 0.15) is 11.2 Å². The van der Waals surface area contributed by atoms with Gasteiger partial charge in [-0.2, -0.15) is 12.6 Å². The molecule has 0 bridgehead atoms. The SMILES string of the molecule is C=C(O)Cc1cccc2c(=O)c3ccc(CS)c(C)c3oc12. The number of para-hydroxylation sites is 1. The van der Waals surface area contributed by atoms with Crippen LogP contribution in [0.4, 0.5) is 0 Å². The number of aliphatic hydroxyl groups is 1. The van der Waals surface area contributed by atoms with E-state index in [0.717, 1.165) is 16.7 Å². The largest absolute Gasteiger partial charge is 0.513 e. The van der Waals surface area contributed by atoms with Gasteiger partial charge in [-0.05, 0) is 30.2 Å². The van der Waals surface area contributed by atoms with Crippen molar-refractivity contribution in [2.45, 2.75) is 19.1 Å². The number of hydrogen-bond donors (Lipinski definition) is 2. The summed E-state index contributed by atoms with van der Waals surface area (Å²) >= 11 is 4.31. The third-order valence-electron chi connectivity index (χ3n) is 3.87. The molecule has 0 atom stereocenters. The molecule has 0 saturated carbocycles. The fourth-order valence-corrected chi connectivity index (χ4v) is 3.05. The fraction of sp³-hybridized carbons (Fsp3) is 0.167. The number of hydrogen-bond acceptors (Lipinski definition) is 4. The first kappa shape index (κ1) is 14.7. The van der Waals surface area contributed by atoms with Gasteiger partial charge < -0.3 is 9.52 Å². The molecule has 0 aliphatic carbocycles. The van der Waals surface area contributed by atoms with Crippen molar-refractivity contribution in [2.75, 3.05) is 0 Å². The molecule has 3 rings (SSSR count). The van der Waals surface area contributed by atoms with Crippen LogP contribution in [0.1, 0.15) is 16.7 Å². The van der Waals surface area contributed by atoms with E-state index >= 15 is 0 Å². The lowest BCUT2D eigenvalue weighted by Gasteiger charge is -2.10. The molecule has 0 unspecified atom stereocenters. The smallest absolute Gasteiger partial charge is 0.200 e. The van der Waals surface area contributed by atoms with Crippen LogP contribution in [-0.2, 0) is 12.2 Å². The minimum Gasteiger partial charge on any atom is -0.513 e. The summed E-state index contributed by atoms with van der Waals surface area (Å²) in [6.07, 6.45) is 0.261. The molecular formula is C18H16O3S. The molecule has 112 valence electrons.